The molecule has 1 aromatic carbocycles. The molecule has 0 aromatic heterocycles. The van der Waals surface area contributed by atoms with E-state index in [0.717, 1.165) is 6.20 Å². The fraction of sp³-hybridized carbons (Fsp3) is 0.286. The smallest absolute Gasteiger partial charge is 0.343 e. The molecule has 1 aromatic rings. The Morgan fingerprint density at radius 3 is 2.45 bits per heavy atom. The maximum atomic E-state index is 14.0. The predicted molar refractivity (Wildman–Crippen MR) is 76.7 cm³/mol. The van der Waals surface area contributed by atoms with Crippen LogP contribution in [-0.2, 0) is 9.53 Å². The number of ether oxygens (including phenoxy) is 1. The Bertz CT molecular complexity index is 632. The molecule has 0 heterocycles. The van der Waals surface area contributed by atoms with Crippen LogP contribution in [0.25, 0.3) is 0 Å². The monoisotopic (exact) mass is 379 g/mol. The number of rotatable bonds is 6. The van der Waals surface area contributed by atoms with Gasteiger partial charge in [-0.25, -0.2) is 18.0 Å². The minimum absolute atomic E-state index is 0.000462. The SMILES string of the molecule is CCNC=C(C(=O)OCC)C(=O)c1cc(F)c(F)c(Br)c1F. The average molecular weight is 380 g/mol. The molecule has 22 heavy (non-hydrogen) atoms. The minimum atomic E-state index is -1.46. The molecule has 0 spiro atoms. The number of nitrogens with one attached hydrogen (secondary N) is 1. The van der Waals surface area contributed by atoms with Crippen molar-refractivity contribution in [3.05, 3.63) is 45.3 Å². The number of Topliss-reactive ketones (excluding diaryl/α,β-unsaturated/α-hetero) is 1. The number of hydrogen-bond donors (Lipinski definition) is 1. The molecule has 0 unspecified atom stereocenters. The summed E-state index contributed by atoms with van der Waals surface area (Å²) in [6, 6.07) is 0.400. The van der Waals surface area contributed by atoms with Crippen molar-refractivity contribution >= 4 is 27.7 Å². The van der Waals surface area contributed by atoms with Crippen molar-refractivity contribution in [3.63, 3.8) is 0 Å². The molecule has 0 aliphatic heterocycles. The summed E-state index contributed by atoms with van der Waals surface area (Å²) < 4.78 is 44.4. The van der Waals surface area contributed by atoms with E-state index in [2.05, 4.69) is 21.2 Å². The minimum Gasteiger partial charge on any atom is -0.462 e. The summed E-state index contributed by atoms with van der Waals surface area (Å²) in [5.41, 5.74) is -1.29. The number of carbonyl (C=O) groups excluding carboxylic acids is 2. The van der Waals surface area contributed by atoms with Gasteiger partial charge in [-0.05, 0) is 35.8 Å². The van der Waals surface area contributed by atoms with Gasteiger partial charge in [0.2, 0.25) is 5.78 Å². The molecule has 4 nitrogen and oxygen atoms in total. The van der Waals surface area contributed by atoms with E-state index in [1.165, 1.54) is 6.92 Å². The Labute approximate surface area is 133 Å². The molecule has 0 bridgehead atoms. The Hall–Kier alpha value is -1.83. The van der Waals surface area contributed by atoms with Crippen LogP contribution in [0.4, 0.5) is 13.2 Å². The zero-order chi connectivity index (χ0) is 16.9. The Morgan fingerprint density at radius 1 is 1.27 bits per heavy atom. The molecule has 0 atom stereocenters. The van der Waals surface area contributed by atoms with E-state index in [4.69, 9.17) is 4.74 Å². The second kappa shape index (κ2) is 7.98. The van der Waals surface area contributed by atoms with Gasteiger partial charge in [0.25, 0.3) is 0 Å². The van der Waals surface area contributed by atoms with Crippen LogP contribution in [0.2, 0.25) is 0 Å². The fourth-order valence-corrected chi connectivity index (χ4v) is 1.92. The van der Waals surface area contributed by atoms with Crippen LogP contribution in [0.5, 0.6) is 0 Å². The lowest BCUT2D eigenvalue weighted by molar-refractivity contribution is -0.138. The highest BCUT2D eigenvalue weighted by molar-refractivity contribution is 9.10. The molecule has 0 fully saturated rings. The molecule has 0 saturated heterocycles. The predicted octanol–water partition coefficient (Wildman–Crippen LogP) is 3.11. The van der Waals surface area contributed by atoms with Gasteiger partial charge in [0, 0.05) is 12.7 Å². The summed E-state index contributed by atoms with van der Waals surface area (Å²) in [5.74, 6) is -6.27. The first kappa shape index (κ1) is 18.2. The maximum Gasteiger partial charge on any atom is 0.343 e. The third-order valence-electron chi connectivity index (χ3n) is 2.54. The van der Waals surface area contributed by atoms with Crippen molar-refractivity contribution in [3.8, 4) is 0 Å². The molecule has 0 aliphatic carbocycles. The van der Waals surface area contributed by atoms with Gasteiger partial charge in [0.15, 0.2) is 17.5 Å². The molecule has 0 radical (unpaired) electrons. The summed E-state index contributed by atoms with van der Waals surface area (Å²) in [7, 11) is 0. The van der Waals surface area contributed by atoms with E-state index in [1.807, 2.05) is 0 Å². The highest BCUT2D eigenvalue weighted by Gasteiger charge is 2.27. The average Bonchev–Trinajstić information content (AvgIpc) is 2.49. The summed E-state index contributed by atoms with van der Waals surface area (Å²) in [5, 5.41) is 2.61. The third-order valence-corrected chi connectivity index (χ3v) is 3.23. The lowest BCUT2D eigenvalue weighted by Crippen LogP contribution is -2.21. The van der Waals surface area contributed by atoms with Crippen molar-refractivity contribution in [2.24, 2.45) is 0 Å². The second-order valence-corrected chi connectivity index (χ2v) is 4.81. The van der Waals surface area contributed by atoms with E-state index in [9.17, 15) is 22.8 Å². The Balaban J connectivity index is 3.34. The molecule has 8 heteroatoms. The number of benzene rings is 1. The zero-order valence-corrected chi connectivity index (χ0v) is 13.4. The molecule has 0 saturated carbocycles. The first-order chi connectivity index (χ1) is 10.3. The molecule has 1 N–H and O–H groups in total. The number of hydrogen-bond acceptors (Lipinski definition) is 4. The second-order valence-electron chi connectivity index (χ2n) is 4.01. The van der Waals surface area contributed by atoms with Gasteiger partial charge in [-0.3, -0.25) is 4.79 Å². The zero-order valence-electron chi connectivity index (χ0n) is 11.8. The summed E-state index contributed by atoms with van der Waals surface area (Å²) in [6.45, 7) is 3.63. The van der Waals surface area contributed by atoms with Gasteiger partial charge < -0.3 is 10.1 Å². The van der Waals surface area contributed by atoms with Crippen LogP contribution in [0.15, 0.2) is 22.3 Å². The summed E-state index contributed by atoms with van der Waals surface area (Å²) in [6.07, 6.45) is 1.05. The van der Waals surface area contributed by atoms with Crippen LogP contribution in [0.1, 0.15) is 24.2 Å². The highest BCUT2D eigenvalue weighted by atomic mass is 79.9. The number of esters is 1. The molecular weight excluding hydrogens is 367 g/mol. The first-order valence-corrected chi connectivity index (χ1v) is 7.12. The first-order valence-electron chi connectivity index (χ1n) is 6.33. The largest absolute Gasteiger partial charge is 0.462 e. The van der Waals surface area contributed by atoms with Gasteiger partial charge in [-0.2, -0.15) is 0 Å². The fourth-order valence-electron chi connectivity index (χ4n) is 1.51. The Kier molecular flexibility index (Phi) is 6.61. The maximum absolute atomic E-state index is 14.0. The lowest BCUT2D eigenvalue weighted by Gasteiger charge is -2.09. The topological polar surface area (TPSA) is 55.4 Å². The molecule has 1 rings (SSSR count). The van der Waals surface area contributed by atoms with Crippen LogP contribution in [0.3, 0.4) is 0 Å². The normalized spacial score (nSPS) is 11.3. The standard InChI is InChI=1S/C14H13BrF3NO3/c1-3-19-6-8(14(21)22-4-2)13(20)7-5-9(16)12(18)10(15)11(7)17/h5-6,19H,3-4H2,1-2H3. The van der Waals surface area contributed by atoms with E-state index in [1.54, 1.807) is 6.92 Å². The summed E-state index contributed by atoms with van der Waals surface area (Å²) >= 11 is 2.53. The number of halogens is 4. The highest BCUT2D eigenvalue weighted by Crippen LogP contribution is 2.26. The molecular formula is C14H13BrF3NO3. The van der Waals surface area contributed by atoms with Gasteiger partial charge in [-0.1, -0.05) is 0 Å². The van der Waals surface area contributed by atoms with Gasteiger partial charge in [0.05, 0.1) is 16.6 Å². The number of ketones is 1. The molecule has 120 valence electrons. The Morgan fingerprint density at radius 2 is 1.91 bits per heavy atom. The van der Waals surface area contributed by atoms with Crippen LogP contribution in [0, 0.1) is 17.5 Å². The van der Waals surface area contributed by atoms with Gasteiger partial charge in [0.1, 0.15) is 5.57 Å². The van der Waals surface area contributed by atoms with Crippen molar-refractivity contribution in [2.45, 2.75) is 13.8 Å². The molecule has 0 aliphatic rings. The van der Waals surface area contributed by atoms with Crippen LogP contribution in [-0.4, -0.2) is 24.9 Å². The number of carbonyl (C=O) groups is 2. The van der Waals surface area contributed by atoms with Crippen molar-refractivity contribution in [1.82, 2.24) is 5.32 Å². The van der Waals surface area contributed by atoms with E-state index >= 15 is 0 Å². The van der Waals surface area contributed by atoms with E-state index in [-0.39, 0.29) is 6.61 Å². The quantitative estimate of drug-likeness (QED) is 0.157. The lowest BCUT2D eigenvalue weighted by atomic mass is 10.0. The van der Waals surface area contributed by atoms with Crippen LogP contribution < -0.4 is 5.32 Å². The van der Waals surface area contributed by atoms with E-state index in [0.29, 0.717) is 12.6 Å². The van der Waals surface area contributed by atoms with Crippen LogP contribution >= 0.6 is 15.9 Å². The van der Waals surface area contributed by atoms with Crippen molar-refractivity contribution < 1.29 is 27.5 Å². The van der Waals surface area contributed by atoms with Gasteiger partial charge >= 0.3 is 5.97 Å². The summed E-state index contributed by atoms with van der Waals surface area (Å²) in [4.78, 5) is 24.0. The third kappa shape index (κ3) is 3.88. The van der Waals surface area contributed by atoms with E-state index < -0.39 is 44.8 Å². The molecule has 0 amide bonds. The van der Waals surface area contributed by atoms with Crippen molar-refractivity contribution in [2.75, 3.05) is 13.2 Å². The van der Waals surface area contributed by atoms with Crippen molar-refractivity contribution in [1.29, 1.82) is 0 Å². The van der Waals surface area contributed by atoms with Gasteiger partial charge in [-0.15, -0.1) is 0 Å².